The summed E-state index contributed by atoms with van der Waals surface area (Å²) in [7, 11) is 0. The molecule has 0 spiro atoms. The Balaban J connectivity index is 2.55. The third-order valence-corrected chi connectivity index (χ3v) is 3.27. The van der Waals surface area contributed by atoms with Gasteiger partial charge in [-0.15, -0.1) is 0 Å². The van der Waals surface area contributed by atoms with Crippen molar-refractivity contribution in [2.45, 2.75) is 0 Å². The van der Waals surface area contributed by atoms with Gasteiger partial charge in [-0.05, 0) is 36.4 Å². The van der Waals surface area contributed by atoms with Gasteiger partial charge in [0.2, 0.25) is 0 Å². The van der Waals surface area contributed by atoms with Gasteiger partial charge in [0.15, 0.2) is 0 Å². The van der Waals surface area contributed by atoms with Gasteiger partial charge in [-0.2, -0.15) is 0 Å². The minimum atomic E-state index is -1.39. The van der Waals surface area contributed by atoms with Crippen LogP contribution in [0.5, 0.6) is 0 Å². The van der Waals surface area contributed by atoms with Crippen LogP contribution in [0.15, 0.2) is 36.4 Å². The van der Waals surface area contributed by atoms with Crippen LogP contribution in [-0.2, 0) is 0 Å². The Kier molecular flexibility index (Phi) is 5.04. The Hall–Kier alpha value is -4.12. The number of rotatable bonds is 4. The summed E-state index contributed by atoms with van der Waals surface area (Å²) in [6, 6.07) is 6.60. The summed E-state index contributed by atoms with van der Waals surface area (Å²) < 4.78 is 0. The van der Waals surface area contributed by atoms with Crippen molar-refractivity contribution in [2.75, 3.05) is 0 Å². The molecule has 2 rings (SSSR count). The van der Waals surface area contributed by atoms with E-state index in [1.165, 1.54) is 12.1 Å². The average Bonchev–Trinajstić information content (AvgIpc) is 2.59. The number of carboxylic acids is 4. The molecule has 0 fully saturated rings. The van der Waals surface area contributed by atoms with Crippen LogP contribution in [0.25, 0.3) is 0 Å². The highest BCUT2D eigenvalue weighted by Crippen LogP contribution is 2.14. The van der Waals surface area contributed by atoms with Crippen LogP contribution in [0.2, 0.25) is 0 Å². The lowest BCUT2D eigenvalue weighted by Crippen LogP contribution is -2.05. The predicted octanol–water partition coefficient (Wildman–Crippen LogP) is 1.88. The molecule has 2 aromatic rings. The van der Waals surface area contributed by atoms with E-state index in [4.69, 9.17) is 15.3 Å². The molecule has 0 aromatic heterocycles. The van der Waals surface area contributed by atoms with E-state index in [-0.39, 0.29) is 33.4 Å². The third-order valence-electron chi connectivity index (χ3n) is 3.27. The van der Waals surface area contributed by atoms with Gasteiger partial charge < -0.3 is 20.4 Å². The van der Waals surface area contributed by atoms with Crippen molar-refractivity contribution in [1.29, 1.82) is 0 Å². The molecule has 4 N–H and O–H groups in total. The summed E-state index contributed by atoms with van der Waals surface area (Å²) >= 11 is 0. The molecule has 0 saturated carbocycles. The van der Waals surface area contributed by atoms with Gasteiger partial charge in [0.05, 0.1) is 22.3 Å². The normalized spacial score (nSPS) is 9.69. The minimum Gasteiger partial charge on any atom is -0.478 e. The summed E-state index contributed by atoms with van der Waals surface area (Å²) in [5.41, 5.74) is -1.08. The second-order valence-corrected chi connectivity index (χ2v) is 5.03. The quantitative estimate of drug-likeness (QED) is 0.608. The molecule has 0 aliphatic carbocycles. The first-order chi connectivity index (χ1) is 12.2. The number of carboxylic acid groups (broad SMARTS) is 4. The molecule has 8 heteroatoms. The molecule has 0 heterocycles. The fourth-order valence-corrected chi connectivity index (χ4v) is 2.05. The molecule has 0 radical (unpaired) electrons. The molecule has 130 valence electrons. The van der Waals surface area contributed by atoms with Crippen LogP contribution < -0.4 is 0 Å². The van der Waals surface area contributed by atoms with E-state index in [2.05, 4.69) is 11.8 Å². The second kappa shape index (κ2) is 7.19. The highest BCUT2D eigenvalue weighted by atomic mass is 16.4. The number of hydrogen-bond acceptors (Lipinski definition) is 4. The van der Waals surface area contributed by atoms with Crippen molar-refractivity contribution in [1.82, 2.24) is 0 Å². The third kappa shape index (κ3) is 4.04. The Labute approximate surface area is 146 Å². The molecule has 2 aromatic carbocycles. The average molecular weight is 354 g/mol. The van der Waals surface area contributed by atoms with Crippen molar-refractivity contribution in [3.8, 4) is 11.8 Å². The van der Waals surface area contributed by atoms with Crippen molar-refractivity contribution in [2.24, 2.45) is 0 Å². The Morgan fingerprint density at radius 2 is 1.15 bits per heavy atom. The standard InChI is InChI=1S/C18H10O8/c19-15(20)11-4-3-10(14(8-11)18(25)26)2-1-9-5-12(16(21)22)7-13(6-9)17(23)24/h3-8H,(H,19,20)(H,21,22)(H,23,24)(H,25,26). The molecular weight excluding hydrogens is 344 g/mol. The van der Waals surface area contributed by atoms with Crippen LogP contribution in [-0.4, -0.2) is 44.3 Å². The monoisotopic (exact) mass is 354 g/mol. The van der Waals surface area contributed by atoms with Crippen molar-refractivity contribution in [3.63, 3.8) is 0 Å². The van der Waals surface area contributed by atoms with Crippen molar-refractivity contribution >= 4 is 23.9 Å². The van der Waals surface area contributed by atoms with E-state index in [0.29, 0.717) is 0 Å². The highest BCUT2D eigenvalue weighted by Gasteiger charge is 2.13. The maximum absolute atomic E-state index is 11.3. The van der Waals surface area contributed by atoms with E-state index >= 15 is 0 Å². The summed E-state index contributed by atoms with van der Waals surface area (Å²) in [6.07, 6.45) is 0. The van der Waals surface area contributed by atoms with Crippen LogP contribution in [0, 0.1) is 11.8 Å². The van der Waals surface area contributed by atoms with Gasteiger partial charge >= 0.3 is 23.9 Å². The van der Waals surface area contributed by atoms with E-state index in [1.54, 1.807) is 0 Å². The Morgan fingerprint density at radius 3 is 1.62 bits per heavy atom. The number of carbonyl (C=O) groups is 4. The number of aromatic carboxylic acids is 4. The number of hydrogen-bond donors (Lipinski definition) is 4. The van der Waals surface area contributed by atoms with E-state index < -0.39 is 23.9 Å². The van der Waals surface area contributed by atoms with E-state index in [1.807, 2.05) is 0 Å². The van der Waals surface area contributed by atoms with E-state index in [0.717, 1.165) is 24.3 Å². The first-order valence-corrected chi connectivity index (χ1v) is 6.93. The predicted molar refractivity (Wildman–Crippen MR) is 86.7 cm³/mol. The molecule has 8 nitrogen and oxygen atoms in total. The molecule has 0 bridgehead atoms. The fraction of sp³-hybridized carbons (Fsp3) is 0. The highest BCUT2D eigenvalue weighted by molar-refractivity contribution is 5.96. The van der Waals surface area contributed by atoms with Crippen LogP contribution in [0.4, 0.5) is 0 Å². The minimum absolute atomic E-state index is 0.0000954. The van der Waals surface area contributed by atoms with Crippen LogP contribution in [0.1, 0.15) is 52.6 Å². The molecule has 0 aliphatic rings. The summed E-state index contributed by atoms with van der Waals surface area (Å²) in [6.45, 7) is 0. The molecule has 0 amide bonds. The molecule has 0 unspecified atom stereocenters. The topological polar surface area (TPSA) is 149 Å². The van der Waals surface area contributed by atoms with Gasteiger partial charge in [-0.1, -0.05) is 11.8 Å². The van der Waals surface area contributed by atoms with Crippen LogP contribution in [0.3, 0.4) is 0 Å². The maximum Gasteiger partial charge on any atom is 0.336 e. The van der Waals surface area contributed by atoms with Gasteiger partial charge in [0.25, 0.3) is 0 Å². The molecule has 0 atom stereocenters. The summed E-state index contributed by atoms with van der Waals surface area (Å²) in [5.74, 6) is -0.357. The smallest absolute Gasteiger partial charge is 0.336 e. The molecule has 26 heavy (non-hydrogen) atoms. The SMILES string of the molecule is O=C(O)c1cc(C#Cc2ccc(C(=O)O)cc2C(=O)O)cc(C(=O)O)c1. The fourth-order valence-electron chi connectivity index (χ4n) is 2.05. The van der Waals surface area contributed by atoms with Gasteiger partial charge in [-0.3, -0.25) is 0 Å². The lowest BCUT2D eigenvalue weighted by atomic mass is 10.0. The lowest BCUT2D eigenvalue weighted by Gasteiger charge is -2.02. The summed E-state index contributed by atoms with van der Waals surface area (Å²) in [5, 5.41) is 36.2. The van der Waals surface area contributed by atoms with Gasteiger partial charge in [0, 0.05) is 11.1 Å². The maximum atomic E-state index is 11.3. The van der Waals surface area contributed by atoms with Gasteiger partial charge in [0.1, 0.15) is 0 Å². The van der Waals surface area contributed by atoms with Crippen LogP contribution >= 0.6 is 0 Å². The zero-order valence-electron chi connectivity index (χ0n) is 12.9. The van der Waals surface area contributed by atoms with Crippen molar-refractivity contribution < 1.29 is 39.6 Å². The number of benzene rings is 2. The zero-order valence-corrected chi connectivity index (χ0v) is 12.9. The molecular formula is C18H10O8. The summed E-state index contributed by atoms with van der Waals surface area (Å²) in [4.78, 5) is 44.4. The molecule has 0 saturated heterocycles. The van der Waals surface area contributed by atoms with Gasteiger partial charge in [-0.25, -0.2) is 19.2 Å². The second-order valence-electron chi connectivity index (χ2n) is 5.03. The zero-order chi connectivity index (χ0) is 19.4. The van der Waals surface area contributed by atoms with Crippen molar-refractivity contribution in [3.05, 3.63) is 69.8 Å². The first-order valence-electron chi connectivity index (χ1n) is 6.93. The molecule has 0 aliphatic heterocycles. The lowest BCUT2D eigenvalue weighted by molar-refractivity contribution is 0.0676. The largest absolute Gasteiger partial charge is 0.478 e. The Bertz CT molecular complexity index is 975. The first kappa shape index (κ1) is 18.2. The Morgan fingerprint density at radius 1 is 0.615 bits per heavy atom. The van der Waals surface area contributed by atoms with E-state index in [9.17, 15) is 24.3 Å².